The van der Waals surface area contributed by atoms with Crippen molar-refractivity contribution in [2.24, 2.45) is 0 Å². The lowest BCUT2D eigenvalue weighted by Gasteiger charge is -2.11. The van der Waals surface area contributed by atoms with E-state index in [1.54, 1.807) is 18.2 Å². The van der Waals surface area contributed by atoms with Crippen LogP contribution in [0.1, 0.15) is 17.3 Å². The fourth-order valence-electron chi connectivity index (χ4n) is 2.40. The second-order valence-corrected chi connectivity index (χ2v) is 5.64. The Morgan fingerprint density at radius 2 is 1.92 bits per heavy atom. The molecule has 0 bridgehead atoms. The highest BCUT2D eigenvalue weighted by Gasteiger charge is 2.18. The molecule has 5 heteroatoms. The Kier molecular flexibility index (Phi) is 4.45. The van der Waals surface area contributed by atoms with E-state index in [4.69, 9.17) is 21.6 Å². The largest absolute Gasteiger partial charge is 0.444 e. The van der Waals surface area contributed by atoms with Crippen LogP contribution in [0.15, 0.2) is 54.6 Å². The van der Waals surface area contributed by atoms with Crippen molar-refractivity contribution in [2.75, 3.05) is 0 Å². The van der Waals surface area contributed by atoms with E-state index in [0.717, 1.165) is 5.56 Å². The molecule has 24 heavy (non-hydrogen) atoms. The van der Waals surface area contributed by atoms with Crippen LogP contribution >= 0.6 is 11.6 Å². The number of esters is 1. The lowest BCUT2D eigenvalue weighted by molar-refractivity contribution is 0.0438. The second kappa shape index (κ2) is 6.69. The van der Waals surface area contributed by atoms with Crippen molar-refractivity contribution in [3.63, 3.8) is 0 Å². The summed E-state index contributed by atoms with van der Waals surface area (Å²) in [5.41, 5.74) is 2.33. The summed E-state index contributed by atoms with van der Waals surface area (Å²) in [6.07, 6.45) is -0.826. The van der Waals surface area contributed by atoms with E-state index < -0.39 is 12.1 Å². The summed E-state index contributed by atoms with van der Waals surface area (Å²) in [7, 11) is 0. The number of hydrogen-bond donors (Lipinski definition) is 0. The molecule has 0 aliphatic carbocycles. The van der Waals surface area contributed by atoms with E-state index in [2.05, 4.69) is 4.98 Å². The molecule has 0 radical (unpaired) electrons. The van der Waals surface area contributed by atoms with E-state index in [1.807, 2.05) is 42.5 Å². The number of rotatable bonds is 3. The maximum Gasteiger partial charge on any atom is 0.340 e. The second-order valence-electron chi connectivity index (χ2n) is 5.23. The predicted molar refractivity (Wildman–Crippen MR) is 92.7 cm³/mol. The molecule has 0 unspecified atom stereocenters. The molecule has 1 heterocycles. The first-order chi connectivity index (χ1) is 11.6. The SMILES string of the molecule is C[C@@H](C#N)OC(=O)c1cc(-c2ccccc2Cl)nc2ccccc12. The number of nitriles is 1. The first-order valence-electron chi connectivity index (χ1n) is 7.35. The molecule has 0 aliphatic rings. The fraction of sp³-hybridized carbons (Fsp3) is 0.105. The van der Waals surface area contributed by atoms with Gasteiger partial charge in [0.15, 0.2) is 6.10 Å². The monoisotopic (exact) mass is 336 g/mol. The van der Waals surface area contributed by atoms with Gasteiger partial charge < -0.3 is 4.74 Å². The highest BCUT2D eigenvalue weighted by molar-refractivity contribution is 6.33. The molecular weight excluding hydrogens is 324 g/mol. The van der Waals surface area contributed by atoms with E-state index in [9.17, 15) is 4.79 Å². The molecule has 0 amide bonds. The van der Waals surface area contributed by atoms with Crippen molar-refractivity contribution in [2.45, 2.75) is 13.0 Å². The number of nitrogens with zero attached hydrogens (tertiary/aromatic N) is 2. The van der Waals surface area contributed by atoms with Crippen LogP contribution in [-0.2, 0) is 4.74 Å². The van der Waals surface area contributed by atoms with Crippen LogP contribution in [0.4, 0.5) is 0 Å². The van der Waals surface area contributed by atoms with Crippen LogP contribution in [0.25, 0.3) is 22.2 Å². The van der Waals surface area contributed by atoms with Gasteiger partial charge in [-0.05, 0) is 25.1 Å². The first kappa shape index (κ1) is 16.0. The van der Waals surface area contributed by atoms with Crippen molar-refractivity contribution in [1.82, 2.24) is 4.98 Å². The van der Waals surface area contributed by atoms with Gasteiger partial charge in [0.1, 0.15) is 6.07 Å². The quantitative estimate of drug-likeness (QED) is 0.654. The molecule has 1 atom stereocenters. The summed E-state index contributed by atoms with van der Waals surface area (Å²) in [5.74, 6) is -0.559. The van der Waals surface area contributed by atoms with Crippen LogP contribution in [0.3, 0.4) is 0 Å². The lowest BCUT2D eigenvalue weighted by Crippen LogP contribution is -2.14. The van der Waals surface area contributed by atoms with Gasteiger partial charge in [-0.15, -0.1) is 0 Å². The van der Waals surface area contributed by atoms with Crippen LogP contribution in [0.2, 0.25) is 5.02 Å². The van der Waals surface area contributed by atoms with Gasteiger partial charge in [-0.1, -0.05) is 48.0 Å². The van der Waals surface area contributed by atoms with Gasteiger partial charge in [-0.2, -0.15) is 5.26 Å². The van der Waals surface area contributed by atoms with Gasteiger partial charge in [0, 0.05) is 16.0 Å². The molecule has 0 saturated carbocycles. The van der Waals surface area contributed by atoms with Gasteiger partial charge in [0.05, 0.1) is 16.8 Å². The van der Waals surface area contributed by atoms with Gasteiger partial charge >= 0.3 is 5.97 Å². The van der Waals surface area contributed by atoms with Crippen molar-refractivity contribution < 1.29 is 9.53 Å². The number of halogens is 1. The fourth-order valence-corrected chi connectivity index (χ4v) is 2.63. The minimum Gasteiger partial charge on any atom is -0.444 e. The first-order valence-corrected chi connectivity index (χ1v) is 7.73. The topological polar surface area (TPSA) is 63.0 Å². The number of fused-ring (bicyclic) bond motifs is 1. The number of benzene rings is 2. The summed E-state index contributed by atoms with van der Waals surface area (Å²) in [6.45, 7) is 1.52. The number of carbonyl (C=O) groups is 1. The highest BCUT2D eigenvalue weighted by Crippen LogP contribution is 2.30. The number of para-hydroxylation sites is 1. The molecule has 4 nitrogen and oxygen atoms in total. The van der Waals surface area contributed by atoms with Crippen LogP contribution in [0.5, 0.6) is 0 Å². The van der Waals surface area contributed by atoms with E-state index >= 15 is 0 Å². The average molecular weight is 337 g/mol. The minimum absolute atomic E-state index is 0.359. The van der Waals surface area contributed by atoms with Crippen molar-refractivity contribution in [1.29, 1.82) is 5.26 Å². The number of ether oxygens (including phenoxy) is 1. The smallest absolute Gasteiger partial charge is 0.340 e. The third-order valence-corrected chi connectivity index (χ3v) is 3.88. The third-order valence-electron chi connectivity index (χ3n) is 3.55. The Balaban J connectivity index is 2.19. The highest BCUT2D eigenvalue weighted by atomic mass is 35.5. The van der Waals surface area contributed by atoms with Crippen LogP contribution < -0.4 is 0 Å². The summed E-state index contributed by atoms with van der Waals surface area (Å²) >= 11 is 6.25. The number of aromatic nitrogens is 1. The van der Waals surface area contributed by atoms with Gasteiger partial charge in [-0.3, -0.25) is 0 Å². The Morgan fingerprint density at radius 3 is 2.67 bits per heavy atom. The lowest BCUT2D eigenvalue weighted by atomic mass is 10.0. The number of pyridine rings is 1. The molecule has 2 aromatic carbocycles. The standard InChI is InChI=1S/C19H13ClN2O2/c1-12(11-21)24-19(23)15-10-18(14-7-2-4-8-16(14)20)22-17-9-5-3-6-13(15)17/h2-10,12H,1H3/t12-/m0/s1. The summed E-state index contributed by atoms with van der Waals surface area (Å²) in [6, 6.07) is 18.1. The maximum absolute atomic E-state index is 12.5. The maximum atomic E-state index is 12.5. The number of hydrogen-bond acceptors (Lipinski definition) is 4. The Bertz CT molecular complexity index is 963. The zero-order valence-electron chi connectivity index (χ0n) is 12.9. The molecule has 0 N–H and O–H groups in total. The number of carbonyl (C=O) groups excluding carboxylic acids is 1. The molecule has 3 rings (SSSR count). The summed E-state index contributed by atoms with van der Waals surface area (Å²) in [4.78, 5) is 17.1. The Labute approximate surface area is 144 Å². The molecule has 0 saturated heterocycles. The average Bonchev–Trinajstić information content (AvgIpc) is 2.61. The van der Waals surface area contributed by atoms with E-state index in [1.165, 1.54) is 6.92 Å². The van der Waals surface area contributed by atoms with Crippen molar-refractivity contribution in [3.05, 3.63) is 65.2 Å². The molecule has 0 aliphatic heterocycles. The zero-order chi connectivity index (χ0) is 17.1. The molecular formula is C19H13ClN2O2. The zero-order valence-corrected chi connectivity index (χ0v) is 13.6. The Hall–Kier alpha value is -2.90. The molecule has 0 fully saturated rings. The van der Waals surface area contributed by atoms with E-state index in [-0.39, 0.29) is 0 Å². The molecule has 3 aromatic rings. The Morgan fingerprint density at radius 1 is 1.21 bits per heavy atom. The van der Waals surface area contributed by atoms with Crippen LogP contribution in [-0.4, -0.2) is 17.1 Å². The van der Waals surface area contributed by atoms with E-state index in [0.29, 0.717) is 27.2 Å². The van der Waals surface area contributed by atoms with Gasteiger partial charge in [0.25, 0.3) is 0 Å². The molecule has 0 spiro atoms. The van der Waals surface area contributed by atoms with Crippen molar-refractivity contribution in [3.8, 4) is 17.3 Å². The van der Waals surface area contributed by atoms with Crippen molar-refractivity contribution >= 4 is 28.5 Å². The van der Waals surface area contributed by atoms with Gasteiger partial charge in [0.2, 0.25) is 0 Å². The van der Waals surface area contributed by atoms with Crippen LogP contribution in [0, 0.1) is 11.3 Å². The molecule has 118 valence electrons. The van der Waals surface area contributed by atoms with Gasteiger partial charge in [-0.25, -0.2) is 9.78 Å². The third kappa shape index (κ3) is 3.08. The summed E-state index contributed by atoms with van der Waals surface area (Å²) in [5, 5.41) is 10.1. The molecule has 1 aromatic heterocycles. The minimum atomic E-state index is -0.826. The normalized spacial score (nSPS) is 11.7. The predicted octanol–water partition coefficient (Wildman–Crippen LogP) is 4.62. The summed E-state index contributed by atoms with van der Waals surface area (Å²) < 4.78 is 5.15.